The molecule has 3 aromatic rings. The molecule has 5 heteroatoms. The van der Waals surface area contributed by atoms with Crippen LogP contribution in [0.1, 0.15) is 22.8 Å². The molecule has 0 bridgehead atoms. The number of hydrogen-bond donors (Lipinski definition) is 1. The van der Waals surface area contributed by atoms with E-state index in [1.54, 1.807) is 12.1 Å². The fourth-order valence-corrected chi connectivity index (χ4v) is 2.84. The fraction of sp³-hybridized carbons (Fsp3) is 0.111. The summed E-state index contributed by atoms with van der Waals surface area (Å²) in [5, 5.41) is 11.6. The predicted molar refractivity (Wildman–Crippen MR) is 90.4 cm³/mol. The molecule has 23 heavy (non-hydrogen) atoms. The lowest BCUT2D eigenvalue weighted by atomic mass is 10.0. The van der Waals surface area contributed by atoms with E-state index in [1.165, 1.54) is 17.6 Å². The van der Waals surface area contributed by atoms with E-state index in [9.17, 15) is 14.7 Å². The number of pyridine rings is 1. The maximum absolute atomic E-state index is 12.7. The first-order valence-corrected chi connectivity index (χ1v) is 7.46. The standard InChI is InChI=1S/C18H14ClNO3/c1-11(21)16-15-9-13(19)7-8-14(15)17(22)20(18(16)23)10-12-5-3-2-4-6-12/h2-9,23H,10H2,1H3. The molecule has 0 aliphatic heterocycles. The SMILES string of the molecule is CC(=O)c1c(O)n(Cc2ccccc2)c(=O)c2ccc(Cl)cc12. The molecule has 0 saturated carbocycles. The Labute approximate surface area is 137 Å². The zero-order valence-electron chi connectivity index (χ0n) is 12.4. The first-order chi connectivity index (χ1) is 11.0. The van der Waals surface area contributed by atoms with Crippen LogP contribution in [0.3, 0.4) is 0 Å². The lowest BCUT2D eigenvalue weighted by Crippen LogP contribution is -2.23. The molecule has 0 radical (unpaired) electrons. The fourth-order valence-electron chi connectivity index (χ4n) is 2.67. The van der Waals surface area contributed by atoms with Gasteiger partial charge in [0.25, 0.3) is 5.56 Å². The molecule has 0 unspecified atom stereocenters. The Kier molecular flexibility index (Phi) is 3.92. The average molecular weight is 328 g/mol. The van der Waals surface area contributed by atoms with Crippen molar-refractivity contribution >= 4 is 28.2 Å². The first kappa shape index (κ1) is 15.3. The number of hydrogen-bond acceptors (Lipinski definition) is 3. The molecule has 0 amide bonds. The Morgan fingerprint density at radius 2 is 1.83 bits per heavy atom. The van der Waals surface area contributed by atoms with Gasteiger partial charge >= 0.3 is 0 Å². The van der Waals surface area contributed by atoms with Crippen LogP contribution in [0.25, 0.3) is 10.8 Å². The van der Waals surface area contributed by atoms with E-state index in [0.29, 0.717) is 15.8 Å². The van der Waals surface area contributed by atoms with Gasteiger partial charge in [0.15, 0.2) is 5.78 Å². The molecule has 1 heterocycles. The van der Waals surface area contributed by atoms with E-state index < -0.39 is 0 Å². The van der Waals surface area contributed by atoms with E-state index in [-0.39, 0.29) is 29.3 Å². The maximum Gasteiger partial charge on any atom is 0.261 e. The van der Waals surface area contributed by atoms with Crippen molar-refractivity contribution < 1.29 is 9.90 Å². The number of rotatable bonds is 3. The van der Waals surface area contributed by atoms with Crippen molar-refractivity contribution in [3.05, 3.63) is 75.0 Å². The molecule has 1 N–H and O–H groups in total. The highest BCUT2D eigenvalue weighted by Gasteiger charge is 2.19. The monoisotopic (exact) mass is 327 g/mol. The van der Waals surface area contributed by atoms with Crippen molar-refractivity contribution in [3.63, 3.8) is 0 Å². The zero-order valence-corrected chi connectivity index (χ0v) is 13.2. The number of halogens is 1. The van der Waals surface area contributed by atoms with Crippen LogP contribution in [0.5, 0.6) is 5.88 Å². The van der Waals surface area contributed by atoms with Gasteiger partial charge in [-0.25, -0.2) is 0 Å². The summed E-state index contributed by atoms with van der Waals surface area (Å²) in [6.45, 7) is 1.54. The molecule has 0 fully saturated rings. The van der Waals surface area contributed by atoms with Gasteiger partial charge in [0.05, 0.1) is 12.1 Å². The summed E-state index contributed by atoms with van der Waals surface area (Å²) in [5.74, 6) is -0.655. The Balaban J connectivity index is 2.33. The van der Waals surface area contributed by atoms with Gasteiger partial charge in [0.2, 0.25) is 5.88 Å². The second kappa shape index (κ2) is 5.89. The van der Waals surface area contributed by atoms with Crippen LogP contribution in [-0.4, -0.2) is 15.5 Å². The number of carbonyl (C=O) groups is 1. The summed E-state index contributed by atoms with van der Waals surface area (Å²) < 4.78 is 1.21. The average Bonchev–Trinajstić information content (AvgIpc) is 2.52. The van der Waals surface area contributed by atoms with Crippen molar-refractivity contribution in [1.82, 2.24) is 4.57 Å². The molecule has 0 saturated heterocycles. The molecule has 116 valence electrons. The number of aromatic hydroxyl groups is 1. The Bertz CT molecular complexity index is 961. The largest absolute Gasteiger partial charge is 0.494 e. The van der Waals surface area contributed by atoms with Crippen molar-refractivity contribution in [1.29, 1.82) is 0 Å². The minimum Gasteiger partial charge on any atom is -0.494 e. The molecule has 2 aromatic carbocycles. The summed E-state index contributed by atoms with van der Waals surface area (Å²) in [6, 6.07) is 14.0. The number of Topliss-reactive ketones (excluding diaryl/α,β-unsaturated/α-hetero) is 1. The highest BCUT2D eigenvalue weighted by Crippen LogP contribution is 2.28. The molecule has 1 aromatic heterocycles. The van der Waals surface area contributed by atoms with Crippen LogP contribution in [0.4, 0.5) is 0 Å². The summed E-state index contributed by atoms with van der Waals surface area (Å²) in [6.07, 6.45) is 0. The van der Waals surface area contributed by atoms with Crippen molar-refractivity contribution in [2.75, 3.05) is 0 Å². The Hall–Kier alpha value is -2.59. The molecular weight excluding hydrogens is 314 g/mol. The quantitative estimate of drug-likeness (QED) is 0.748. The second-order valence-electron chi connectivity index (χ2n) is 5.32. The van der Waals surface area contributed by atoms with Crippen LogP contribution in [0.2, 0.25) is 5.02 Å². The third-order valence-electron chi connectivity index (χ3n) is 3.74. The highest BCUT2D eigenvalue weighted by molar-refractivity contribution is 6.31. The summed E-state index contributed by atoms with van der Waals surface area (Å²) in [5.41, 5.74) is 0.605. The minimum absolute atomic E-state index is 0.109. The normalized spacial score (nSPS) is 10.9. The van der Waals surface area contributed by atoms with Crippen molar-refractivity contribution in [2.45, 2.75) is 13.5 Å². The van der Waals surface area contributed by atoms with Crippen LogP contribution in [0.15, 0.2) is 53.3 Å². The van der Waals surface area contributed by atoms with Gasteiger partial charge in [0.1, 0.15) is 0 Å². The number of ketones is 1. The van der Waals surface area contributed by atoms with Gasteiger partial charge in [-0.3, -0.25) is 14.2 Å². The van der Waals surface area contributed by atoms with Crippen LogP contribution >= 0.6 is 11.6 Å². The third-order valence-corrected chi connectivity index (χ3v) is 3.98. The van der Waals surface area contributed by atoms with Gasteiger partial charge in [0, 0.05) is 15.8 Å². The van der Waals surface area contributed by atoms with Crippen LogP contribution < -0.4 is 5.56 Å². The summed E-state index contributed by atoms with van der Waals surface area (Å²) >= 11 is 5.97. The molecule has 3 rings (SSSR count). The van der Waals surface area contributed by atoms with Crippen molar-refractivity contribution in [3.8, 4) is 5.88 Å². The Morgan fingerprint density at radius 3 is 2.48 bits per heavy atom. The maximum atomic E-state index is 12.7. The Morgan fingerprint density at radius 1 is 1.13 bits per heavy atom. The number of fused-ring (bicyclic) bond motifs is 1. The van der Waals surface area contributed by atoms with Gasteiger partial charge in [-0.15, -0.1) is 0 Å². The van der Waals surface area contributed by atoms with Gasteiger partial charge in [-0.2, -0.15) is 0 Å². The topological polar surface area (TPSA) is 59.3 Å². The number of carbonyl (C=O) groups excluding carboxylic acids is 1. The summed E-state index contributed by atoms with van der Waals surface area (Å²) in [4.78, 5) is 24.7. The van der Waals surface area contributed by atoms with Gasteiger partial charge < -0.3 is 5.11 Å². The number of nitrogens with zero attached hydrogens (tertiary/aromatic N) is 1. The van der Waals surface area contributed by atoms with E-state index in [1.807, 2.05) is 30.3 Å². The van der Waals surface area contributed by atoms with Crippen molar-refractivity contribution in [2.24, 2.45) is 0 Å². The zero-order chi connectivity index (χ0) is 16.6. The lowest BCUT2D eigenvalue weighted by Gasteiger charge is -2.14. The summed E-state index contributed by atoms with van der Waals surface area (Å²) in [7, 11) is 0. The number of benzene rings is 2. The highest BCUT2D eigenvalue weighted by atomic mass is 35.5. The van der Waals surface area contributed by atoms with E-state index in [4.69, 9.17) is 11.6 Å². The minimum atomic E-state index is -0.358. The molecule has 0 aliphatic rings. The van der Waals surface area contributed by atoms with Crippen LogP contribution in [-0.2, 0) is 6.54 Å². The predicted octanol–water partition coefficient (Wildman–Crippen LogP) is 3.61. The smallest absolute Gasteiger partial charge is 0.261 e. The molecular formula is C18H14ClNO3. The van der Waals surface area contributed by atoms with E-state index >= 15 is 0 Å². The van der Waals surface area contributed by atoms with E-state index in [0.717, 1.165) is 5.56 Å². The molecule has 4 nitrogen and oxygen atoms in total. The number of aromatic nitrogens is 1. The molecule has 0 spiro atoms. The third kappa shape index (κ3) is 2.73. The van der Waals surface area contributed by atoms with Gasteiger partial charge in [-0.1, -0.05) is 41.9 Å². The second-order valence-corrected chi connectivity index (χ2v) is 5.76. The molecule has 0 atom stereocenters. The van der Waals surface area contributed by atoms with Gasteiger partial charge in [-0.05, 0) is 30.7 Å². The molecule has 0 aliphatic carbocycles. The lowest BCUT2D eigenvalue weighted by molar-refractivity contribution is 0.101. The first-order valence-electron chi connectivity index (χ1n) is 7.09. The van der Waals surface area contributed by atoms with E-state index in [2.05, 4.69) is 0 Å². The van der Waals surface area contributed by atoms with Crippen LogP contribution in [0, 0.1) is 0 Å².